The topological polar surface area (TPSA) is 77.1 Å². The minimum Gasteiger partial charge on any atom is -0.487 e. The van der Waals surface area contributed by atoms with Crippen molar-refractivity contribution in [3.05, 3.63) is 107 Å². The Labute approximate surface area is 277 Å². The van der Waals surface area contributed by atoms with Gasteiger partial charge in [0.2, 0.25) is 0 Å². The normalized spacial score (nSPS) is 12.7. The SMILES string of the molecule is CCOC(=O)C(Cc1cccc(-c2ccc(C(F)(F)F)cn2)c1)c1[nH]c2ccc(OCc3ccc(C)cn3)c(C)c2c1SC(C)(C)C. The Balaban J connectivity index is 1.54. The number of nitrogens with one attached hydrogen (secondary N) is 1. The fourth-order valence-electron chi connectivity index (χ4n) is 5.35. The quantitative estimate of drug-likeness (QED) is 0.119. The van der Waals surface area contributed by atoms with Crippen molar-refractivity contribution in [3.8, 4) is 17.0 Å². The first-order chi connectivity index (χ1) is 22.2. The number of hydrogen-bond donors (Lipinski definition) is 1. The molecule has 0 aliphatic carbocycles. The molecule has 47 heavy (non-hydrogen) atoms. The second kappa shape index (κ2) is 13.8. The second-order valence-corrected chi connectivity index (χ2v) is 14.3. The maximum Gasteiger partial charge on any atom is 0.417 e. The highest BCUT2D eigenvalue weighted by molar-refractivity contribution is 8.00. The van der Waals surface area contributed by atoms with Gasteiger partial charge in [-0.1, -0.05) is 45.0 Å². The van der Waals surface area contributed by atoms with E-state index < -0.39 is 17.7 Å². The van der Waals surface area contributed by atoms with Crippen LogP contribution in [0.1, 0.15) is 67.3 Å². The van der Waals surface area contributed by atoms with Crippen molar-refractivity contribution < 1.29 is 27.4 Å². The lowest BCUT2D eigenvalue weighted by Crippen LogP contribution is -2.20. The maximum atomic E-state index is 13.7. The van der Waals surface area contributed by atoms with Gasteiger partial charge in [-0.3, -0.25) is 14.8 Å². The van der Waals surface area contributed by atoms with Crippen LogP contribution in [0.25, 0.3) is 22.2 Å². The fraction of sp³-hybridized carbons (Fsp3) is 0.324. The number of rotatable bonds is 10. The molecule has 1 N–H and O–H groups in total. The van der Waals surface area contributed by atoms with E-state index in [-0.39, 0.29) is 17.3 Å². The van der Waals surface area contributed by atoms with Crippen molar-refractivity contribution in [1.29, 1.82) is 0 Å². The molecule has 0 spiro atoms. The summed E-state index contributed by atoms with van der Waals surface area (Å²) in [6, 6.07) is 17.6. The molecule has 1 unspecified atom stereocenters. The largest absolute Gasteiger partial charge is 0.487 e. The molecule has 0 radical (unpaired) electrons. The molecule has 0 saturated carbocycles. The number of aromatic amines is 1. The number of aryl methyl sites for hydroxylation is 2. The Kier molecular flexibility index (Phi) is 10.0. The highest BCUT2D eigenvalue weighted by atomic mass is 32.2. The highest BCUT2D eigenvalue weighted by Crippen LogP contribution is 2.45. The zero-order chi connectivity index (χ0) is 33.9. The number of thioether (sulfide) groups is 1. The van der Waals surface area contributed by atoms with E-state index in [9.17, 15) is 18.0 Å². The van der Waals surface area contributed by atoms with Crippen molar-refractivity contribution in [2.45, 2.75) is 76.3 Å². The van der Waals surface area contributed by atoms with Crippen LogP contribution in [-0.2, 0) is 28.7 Å². The number of ether oxygens (including phenoxy) is 2. The van der Waals surface area contributed by atoms with Gasteiger partial charge in [-0.15, -0.1) is 11.8 Å². The van der Waals surface area contributed by atoms with Gasteiger partial charge in [0.25, 0.3) is 0 Å². The van der Waals surface area contributed by atoms with E-state index in [1.54, 1.807) is 24.8 Å². The average molecular weight is 662 g/mol. The molecule has 3 aromatic heterocycles. The third-order valence-corrected chi connectivity index (χ3v) is 8.83. The van der Waals surface area contributed by atoms with E-state index in [2.05, 4.69) is 35.7 Å². The predicted octanol–water partition coefficient (Wildman–Crippen LogP) is 9.62. The van der Waals surface area contributed by atoms with E-state index in [1.807, 2.05) is 62.5 Å². The number of hydrogen-bond acceptors (Lipinski definition) is 6. The number of alkyl halides is 3. The predicted molar refractivity (Wildman–Crippen MR) is 180 cm³/mol. The molecule has 0 amide bonds. The number of benzene rings is 2. The van der Waals surface area contributed by atoms with Crippen LogP contribution in [0.15, 0.2) is 78.0 Å². The van der Waals surface area contributed by atoms with Crippen molar-refractivity contribution >= 4 is 28.6 Å². The lowest BCUT2D eigenvalue weighted by atomic mass is 9.94. The van der Waals surface area contributed by atoms with Crippen LogP contribution in [0.2, 0.25) is 0 Å². The summed E-state index contributed by atoms with van der Waals surface area (Å²) in [4.78, 5) is 26.7. The van der Waals surface area contributed by atoms with E-state index in [0.717, 1.165) is 61.9 Å². The van der Waals surface area contributed by atoms with Crippen LogP contribution in [0.5, 0.6) is 5.75 Å². The first-order valence-corrected chi connectivity index (χ1v) is 16.2. The summed E-state index contributed by atoms with van der Waals surface area (Å²) in [5.41, 5.74) is 5.55. The van der Waals surface area contributed by atoms with Crippen LogP contribution in [-0.4, -0.2) is 32.3 Å². The average Bonchev–Trinajstić information content (AvgIpc) is 3.37. The number of fused-ring (bicyclic) bond motifs is 1. The summed E-state index contributed by atoms with van der Waals surface area (Å²) in [5.74, 6) is -0.318. The number of esters is 1. The number of aromatic nitrogens is 3. The summed E-state index contributed by atoms with van der Waals surface area (Å²) in [7, 11) is 0. The van der Waals surface area contributed by atoms with Gasteiger partial charge in [0, 0.05) is 49.8 Å². The molecule has 6 nitrogen and oxygen atoms in total. The van der Waals surface area contributed by atoms with Gasteiger partial charge >= 0.3 is 12.1 Å². The Hall–Kier alpha value is -4.31. The number of H-pyrrole nitrogens is 1. The lowest BCUT2D eigenvalue weighted by Gasteiger charge is -2.22. The molecule has 0 fully saturated rings. The van der Waals surface area contributed by atoms with Gasteiger partial charge in [0.15, 0.2) is 0 Å². The molecule has 0 bridgehead atoms. The lowest BCUT2D eigenvalue weighted by molar-refractivity contribution is -0.145. The minimum atomic E-state index is -4.47. The van der Waals surface area contributed by atoms with E-state index in [1.165, 1.54) is 6.07 Å². The molecular weight excluding hydrogens is 623 g/mol. The summed E-state index contributed by atoms with van der Waals surface area (Å²) in [6.07, 6.45) is -1.51. The smallest absolute Gasteiger partial charge is 0.417 e. The number of halogens is 3. The Morgan fingerprint density at radius 3 is 2.40 bits per heavy atom. The van der Waals surface area contributed by atoms with Gasteiger partial charge < -0.3 is 14.5 Å². The van der Waals surface area contributed by atoms with Crippen LogP contribution >= 0.6 is 11.8 Å². The molecule has 0 saturated heterocycles. The van der Waals surface area contributed by atoms with Gasteiger partial charge in [-0.2, -0.15) is 13.2 Å². The summed E-state index contributed by atoms with van der Waals surface area (Å²) in [6.45, 7) is 12.7. The van der Waals surface area contributed by atoms with E-state index >= 15 is 0 Å². The Bertz CT molecular complexity index is 1860. The van der Waals surface area contributed by atoms with Crippen LogP contribution < -0.4 is 4.74 Å². The molecule has 10 heteroatoms. The Morgan fingerprint density at radius 2 is 1.77 bits per heavy atom. The van der Waals surface area contributed by atoms with Gasteiger partial charge in [-0.05, 0) is 74.7 Å². The molecule has 246 valence electrons. The molecule has 1 atom stereocenters. The monoisotopic (exact) mass is 661 g/mol. The number of carbonyl (C=O) groups excluding carboxylic acids is 1. The van der Waals surface area contributed by atoms with Gasteiger partial charge in [-0.25, -0.2) is 0 Å². The third-order valence-electron chi connectivity index (χ3n) is 7.59. The second-order valence-electron chi connectivity index (χ2n) is 12.4. The highest BCUT2D eigenvalue weighted by Gasteiger charge is 2.32. The summed E-state index contributed by atoms with van der Waals surface area (Å²) >= 11 is 1.67. The van der Waals surface area contributed by atoms with Crippen molar-refractivity contribution in [2.24, 2.45) is 0 Å². The number of pyridine rings is 2. The minimum absolute atomic E-state index is 0.188. The van der Waals surface area contributed by atoms with Gasteiger partial charge in [0.1, 0.15) is 18.3 Å². The van der Waals surface area contributed by atoms with Crippen LogP contribution in [0.3, 0.4) is 0 Å². The molecule has 3 heterocycles. The molecule has 0 aliphatic heterocycles. The van der Waals surface area contributed by atoms with Crippen molar-refractivity contribution in [2.75, 3.05) is 6.61 Å². The first-order valence-electron chi connectivity index (χ1n) is 15.4. The van der Waals surface area contributed by atoms with Gasteiger partial charge in [0.05, 0.1) is 23.6 Å². The van der Waals surface area contributed by atoms with E-state index in [4.69, 9.17) is 9.47 Å². The first kappa shape index (κ1) is 34.0. The summed E-state index contributed by atoms with van der Waals surface area (Å²) in [5, 5.41) is 0.978. The maximum absolute atomic E-state index is 13.7. The summed E-state index contributed by atoms with van der Waals surface area (Å²) < 4.78 is 51.0. The van der Waals surface area contributed by atoms with Crippen LogP contribution in [0, 0.1) is 13.8 Å². The molecule has 5 rings (SSSR count). The molecule has 0 aliphatic rings. The standard InChI is InChI=1S/C37H38F3N3O3S/c1-7-45-35(44)28(18-24-9-8-10-25(17-24)29-14-12-26(20-42-29)37(38,39)40)33-34(47-36(4,5)6)32-23(3)31(16-15-30(32)43-33)46-21-27-13-11-22(2)19-41-27/h8-17,19-20,28,43H,7,18,21H2,1-6H3. The molecule has 5 aromatic rings. The van der Waals surface area contributed by atoms with E-state index in [0.29, 0.717) is 24.3 Å². The number of nitrogens with zero attached hydrogens (tertiary/aromatic N) is 2. The fourth-order valence-corrected chi connectivity index (χ4v) is 6.63. The zero-order valence-electron chi connectivity index (χ0n) is 27.3. The Morgan fingerprint density at radius 1 is 0.979 bits per heavy atom. The molecular formula is C37H38F3N3O3S. The van der Waals surface area contributed by atoms with Crippen LogP contribution in [0.4, 0.5) is 13.2 Å². The number of carbonyl (C=O) groups is 1. The molecule has 2 aromatic carbocycles. The van der Waals surface area contributed by atoms with Crippen molar-refractivity contribution in [1.82, 2.24) is 15.0 Å². The van der Waals surface area contributed by atoms with Crippen molar-refractivity contribution in [3.63, 3.8) is 0 Å². The third kappa shape index (κ3) is 8.16. The zero-order valence-corrected chi connectivity index (χ0v) is 28.1.